The third-order valence-electron chi connectivity index (χ3n) is 1.77. The number of benzene rings is 1. The lowest BCUT2D eigenvalue weighted by molar-refractivity contribution is 1.39. The Morgan fingerprint density at radius 1 is 1.21 bits per heavy atom. The normalized spacial score (nSPS) is 8.64. The van der Waals surface area contributed by atoms with E-state index >= 15 is 0 Å². The Kier molecular flexibility index (Phi) is 4.33. The van der Waals surface area contributed by atoms with Crippen molar-refractivity contribution >= 4 is 33.5 Å². The van der Waals surface area contributed by atoms with Crippen molar-refractivity contribution in [2.75, 3.05) is 4.93 Å². The van der Waals surface area contributed by atoms with E-state index in [1.165, 1.54) is 0 Å². The first-order valence-electron chi connectivity index (χ1n) is 4.03. The van der Waals surface area contributed by atoms with Gasteiger partial charge in [0.25, 0.3) is 0 Å². The number of alkyl halides is 1. The van der Waals surface area contributed by atoms with Crippen LogP contribution in [0.4, 0.5) is 0 Å². The van der Waals surface area contributed by atoms with Gasteiger partial charge in [0.05, 0.1) is 17.1 Å². The van der Waals surface area contributed by atoms with Crippen molar-refractivity contribution in [2.45, 2.75) is 0 Å². The zero-order valence-corrected chi connectivity index (χ0v) is 9.89. The Balaban J connectivity index is 0.000000461. The molecule has 0 bridgehead atoms. The van der Waals surface area contributed by atoms with E-state index in [-0.39, 0.29) is 0 Å². The highest BCUT2D eigenvalue weighted by Gasteiger charge is 1.97. The molecular formula is C11H9IN2. The Morgan fingerprint density at radius 2 is 1.93 bits per heavy atom. The van der Waals surface area contributed by atoms with E-state index in [0.29, 0.717) is 5.56 Å². The first-order valence-corrected chi connectivity index (χ1v) is 6.19. The quantitative estimate of drug-likeness (QED) is 0.553. The summed E-state index contributed by atoms with van der Waals surface area (Å²) in [6, 6.07) is 11.5. The molecule has 0 spiro atoms. The molecule has 0 fully saturated rings. The summed E-state index contributed by atoms with van der Waals surface area (Å²) >= 11 is 2.15. The maximum Gasteiger partial charge on any atom is 0.0999 e. The number of rotatable bonds is 0. The van der Waals surface area contributed by atoms with E-state index in [1.807, 2.05) is 29.2 Å². The van der Waals surface area contributed by atoms with Crippen LogP contribution in [0.15, 0.2) is 36.5 Å². The average molecular weight is 296 g/mol. The molecule has 2 aromatic rings. The lowest BCUT2D eigenvalue weighted by atomic mass is 10.1. The van der Waals surface area contributed by atoms with Crippen LogP contribution in [-0.2, 0) is 0 Å². The molecule has 0 aliphatic carbocycles. The van der Waals surface area contributed by atoms with E-state index in [2.05, 4.69) is 33.6 Å². The first-order chi connectivity index (χ1) is 6.92. The molecule has 1 aromatic carbocycles. The number of para-hydroxylation sites is 1. The van der Waals surface area contributed by atoms with Gasteiger partial charge in [0.15, 0.2) is 0 Å². The highest BCUT2D eigenvalue weighted by atomic mass is 127. The Bertz CT molecular complexity index is 455. The van der Waals surface area contributed by atoms with Crippen molar-refractivity contribution in [3.63, 3.8) is 0 Å². The molecule has 14 heavy (non-hydrogen) atoms. The van der Waals surface area contributed by atoms with E-state index in [4.69, 9.17) is 5.26 Å². The predicted octanol–water partition coefficient (Wildman–Crippen LogP) is 3.16. The first kappa shape index (κ1) is 10.9. The Labute approximate surface area is 96.7 Å². The minimum Gasteiger partial charge on any atom is -0.256 e. The van der Waals surface area contributed by atoms with Gasteiger partial charge in [-0.05, 0) is 17.1 Å². The zero-order valence-electron chi connectivity index (χ0n) is 7.74. The van der Waals surface area contributed by atoms with Crippen LogP contribution in [0.3, 0.4) is 0 Å². The number of nitriles is 1. The van der Waals surface area contributed by atoms with Gasteiger partial charge in [-0.15, -0.1) is 0 Å². The second kappa shape index (κ2) is 5.55. The van der Waals surface area contributed by atoms with Crippen LogP contribution in [0.2, 0.25) is 0 Å². The summed E-state index contributed by atoms with van der Waals surface area (Å²) in [5.41, 5.74) is 1.55. The van der Waals surface area contributed by atoms with Crippen molar-refractivity contribution < 1.29 is 0 Å². The van der Waals surface area contributed by atoms with Crippen LogP contribution in [-0.4, -0.2) is 9.91 Å². The van der Waals surface area contributed by atoms with Crippen molar-refractivity contribution in [2.24, 2.45) is 0 Å². The van der Waals surface area contributed by atoms with E-state index in [0.717, 1.165) is 10.9 Å². The van der Waals surface area contributed by atoms with Crippen LogP contribution in [0.5, 0.6) is 0 Å². The fraction of sp³-hybridized carbons (Fsp3) is 0.0909. The van der Waals surface area contributed by atoms with Gasteiger partial charge in [-0.2, -0.15) is 5.26 Å². The molecule has 0 saturated carbocycles. The molecule has 1 aromatic heterocycles. The molecule has 1 heterocycles. The van der Waals surface area contributed by atoms with Gasteiger partial charge >= 0.3 is 0 Å². The lowest BCUT2D eigenvalue weighted by Crippen LogP contribution is -1.81. The molecular weight excluding hydrogens is 287 g/mol. The van der Waals surface area contributed by atoms with Gasteiger partial charge in [-0.25, -0.2) is 0 Å². The number of nitrogens with zero attached hydrogens (tertiary/aromatic N) is 2. The summed E-state index contributed by atoms with van der Waals surface area (Å²) in [4.78, 5) is 6.11. The summed E-state index contributed by atoms with van der Waals surface area (Å²) in [6.45, 7) is 0. The minimum atomic E-state index is 0.681. The molecule has 0 saturated heterocycles. The number of hydrogen-bond donors (Lipinski definition) is 0. The highest BCUT2D eigenvalue weighted by Crippen LogP contribution is 2.14. The number of hydrogen-bond acceptors (Lipinski definition) is 2. The Morgan fingerprint density at radius 3 is 2.64 bits per heavy atom. The topological polar surface area (TPSA) is 36.7 Å². The van der Waals surface area contributed by atoms with Crippen molar-refractivity contribution in [3.05, 3.63) is 42.1 Å². The van der Waals surface area contributed by atoms with Gasteiger partial charge in [-0.3, -0.25) is 4.98 Å². The van der Waals surface area contributed by atoms with Gasteiger partial charge in [-0.1, -0.05) is 40.8 Å². The molecule has 2 rings (SSSR count). The second-order valence-corrected chi connectivity index (χ2v) is 2.49. The molecule has 70 valence electrons. The van der Waals surface area contributed by atoms with Crippen LogP contribution < -0.4 is 0 Å². The minimum absolute atomic E-state index is 0.681. The number of aromatic nitrogens is 1. The Hall–Kier alpha value is -1.15. The third kappa shape index (κ3) is 2.20. The van der Waals surface area contributed by atoms with Crippen LogP contribution >= 0.6 is 22.6 Å². The van der Waals surface area contributed by atoms with Gasteiger partial charge < -0.3 is 0 Å². The van der Waals surface area contributed by atoms with Crippen molar-refractivity contribution in [1.29, 1.82) is 5.26 Å². The molecule has 0 amide bonds. The predicted molar refractivity (Wildman–Crippen MR) is 66.4 cm³/mol. The monoisotopic (exact) mass is 296 g/mol. The molecule has 0 aliphatic heterocycles. The van der Waals surface area contributed by atoms with E-state index < -0.39 is 0 Å². The second-order valence-electron chi connectivity index (χ2n) is 2.49. The largest absolute Gasteiger partial charge is 0.256 e. The summed E-state index contributed by atoms with van der Waals surface area (Å²) in [7, 11) is 0. The number of pyridine rings is 1. The maximum atomic E-state index is 8.76. The number of halogens is 1. The lowest BCUT2D eigenvalue weighted by Gasteiger charge is -1.96. The molecule has 2 nitrogen and oxygen atoms in total. The maximum absolute atomic E-state index is 8.76. The molecule has 0 aliphatic rings. The number of fused-ring (bicyclic) bond motifs is 1. The summed E-state index contributed by atoms with van der Waals surface area (Å²) in [6.07, 6.45) is 1.65. The van der Waals surface area contributed by atoms with Gasteiger partial charge in [0, 0.05) is 11.6 Å². The molecule has 3 heteroatoms. The molecule has 0 N–H and O–H groups in total. The van der Waals surface area contributed by atoms with Crippen LogP contribution in [0, 0.1) is 11.3 Å². The summed E-state index contributed by atoms with van der Waals surface area (Å²) < 4.78 is 0. The molecule has 0 unspecified atom stereocenters. The van der Waals surface area contributed by atoms with Gasteiger partial charge in [0.1, 0.15) is 0 Å². The fourth-order valence-electron chi connectivity index (χ4n) is 1.19. The summed E-state index contributed by atoms with van der Waals surface area (Å²) in [5, 5.41) is 9.68. The highest BCUT2D eigenvalue weighted by molar-refractivity contribution is 14.1. The van der Waals surface area contributed by atoms with Crippen LogP contribution in [0.25, 0.3) is 10.9 Å². The molecule has 0 atom stereocenters. The van der Waals surface area contributed by atoms with Crippen molar-refractivity contribution in [3.8, 4) is 6.07 Å². The third-order valence-corrected chi connectivity index (χ3v) is 1.77. The smallest absolute Gasteiger partial charge is 0.0999 e. The zero-order chi connectivity index (χ0) is 10.4. The fourth-order valence-corrected chi connectivity index (χ4v) is 1.19. The van der Waals surface area contributed by atoms with Crippen molar-refractivity contribution in [1.82, 2.24) is 4.98 Å². The average Bonchev–Trinajstić information content (AvgIpc) is 2.31. The van der Waals surface area contributed by atoms with Gasteiger partial charge in [0.2, 0.25) is 0 Å². The standard InChI is InChI=1S/C10H6N2.CH3I/c11-7-8-5-6-12-10-4-2-1-3-9(8)10;1-2/h1-6H;1H3. The molecule has 0 radical (unpaired) electrons. The SMILES string of the molecule is CI.N#Cc1ccnc2ccccc12. The van der Waals surface area contributed by atoms with Crippen LogP contribution in [0.1, 0.15) is 5.56 Å². The summed E-state index contributed by atoms with van der Waals surface area (Å²) in [5.74, 6) is 0. The van der Waals surface area contributed by atoms with E-state index in [1.54, 1.807) is 12.3 Å². The van der Waals surface area contributed by atoms with E-state index in [9.17, 15) is 0 Å².